The highest BCUT2D eigenvalue weighted by molar-refractivity contribution is 6.06. The Morgan fingerprint density at radius 3 is 1.58 bits per heavy atom. The summed E-state index contributed by atoms with van der Waals surface area (Å²) in [7, 11) is 0. The van der Waals surface area contributed by atoms with Crippen LogP contribution in [-0.4, -0.2) is 0 Å². The highest BCUT2D eigenvalue weighted by Crippen LogP contribution is 2.48. The second-order valence-electron chi connectivity index (χ2n) is 16.5. The number of fused-ring (bicyclic) bond motifs is 3. The van der Waals surface area contributed by atoms with Crippen molar-refractivity contribution in [1.82, 2.24) is 0 Å². The minimum absolute atomic E-state index is 0.887. The lowest BCUT2D eigenvalue weighted by atomic mass is 9.90. The van der Waals surface area contributed by atoms with E-state index in [1.807, 2.05) is 6.07 Å². The quantitative estimate of drug-likeness (QED) is 0.151. The Labute approximate surface area is 373 Å². The van der Waals surface area contributed by atoms with Crippen molar-refractivity contribution in [3.63, 3.8) is 0 Å². The fourth-order valence-electron chi connectivity index (χ4n) is 9.55. The van der Waals surface area contributed by atoms with Gasteiger partial charge in [0.05, 0.1) is 0 Å². The van der Waals surface area contributed by atoms with Crippen molar-refractivity contribution in [2.75, 3.05) is 4.90 Å². The van der Waals surface area contributed by atoms with Gasteiger partial charge >= 0.3 is 0 Å². The lowest BCUT2D eigenvalue weighted by Crippen LogP contribution is -2.10. The fourth-order valence-corrected chi connectivity index (χ4v) is 9.55. The van der Waals surface area contributed by atoms with Gasteiger partial charge in [-0.1, -0.05) is 182 Å². The average Bonchev–Trinajstić information content (AvgIpc) is 3.37. The van der Waals surface area contributed by atoms with Gasteiger partial charge in [-0.15, -0.1) is 0 Å². The monoisotopic (exact) mass is 815 g/mol. The molecule has 300 valence electrons. The van der Waals surface area contributed by atoms with Crippen molar-refractivity contribution in [1.29, 1.82) is 0 Å². The van der Waals surface area contributed by atoms with Crippen molar-refractivity contribution in [3.8, 4) is 78.3 Å². The normalized spacial score (nSPS) is 11.6. The van der Waals surface area contributed by atoms with E-state index in [1.165, 1.54) is 55.3 Å². The first-order chi connectivity index (χ1) is 31.7. The van der Waals surface area contributed by atoms with Crippen molar-refractivity contribution < 1.29 is 4.74 Å². The average molecular weight is 816 g/mol. The van der Waals surface area contributed by atoms with Gasteiger partial charge in [-0.05, 0) is 144 Å². The molecule has 0 aliphatic carbocycles. The molecule has 12 rings (SSSR count). The molecule has 0 saturated carbocycles. The van der Waals surface area contributed by atoms with Crippen LogP contribution in [0.5, 0.6) is 11.5 Å². The second kappa shape index (κ2) is 15.8. The van der Waals surface area contributed by atoms with Gasteiger partial charge in [0.2, 0.25) is 0 Å². The molecule has 0 spiro atoms. The molecular formula is C62H41NO. The summed E-state index contributed by atoms with van der Waals surface area (Å²) >= 11 is 0. The van der Waals surface area contributed by atoms with Crippen LogP contribution in [0.1, 0.15) is 0 Å². The van der Waals surface area contributed by atoms with Crippen LogP contribution < -0.4 is 9.64 Å². The Hall–Kier alpha value is -8.46. The van der Waals surface area contributed by atoms with E-state index in [0.717, 1.165) is 61.6 Å². The van der Waals surface area contributed by atoms with Gasteiger partial charge in [0.1, 0.15) is 11.5 Å². The van der Waals surface area contributed by atoms with E-state index in [2.05, 4.69) is 248 Å². The molecular weight excluding hydrogens is 775 g/mol. The zero-order chi connectivity index (χ0) is 42.4. The van der Waals surface area contributed by atoms with Gasteiger partial charge < -0.3 is 9.64 Å². The van der Waals surface area contributed by atoms with Crippen LogP contribution >= 0.6 is 0 Å². The molecule has 0 amide bonds. The summed E-state index contributed by atoms with van der Waals surface area (Å²) in [6, 6.07) is 89.7. The van der Waals surface area contributed by atoms with Gasteiger partial charge in [-0.3, -0.25) is 0 Å². The minimum atomic E-state index is 0.887. The molecule has 11 aromatic carbocycles. The van der Waals surface area contributed by atoms with E-state index in [9.17, 15) is 0 Å². The van der Waals surface area contributed by atoms with Crippen LogP contribution in [0.4, 0.5) is 17.1 Å². The Bertz CT molecular complexity index is 3500. The predicted molar refractivity (Wildman–Crippen MR) is 269 cm³/mol. The third kappa shape index (κ3) is 6.70. The highest BCUT2D eigenvalue weighted by Gasteiger charge is 2.22. The number of hydrogen-bond acceptors (Lipinski definition) is 2. The predicted octanol–water partition coefficient (Wildman–Crippen LogP) is 17.6. The molecule has 2 nitrogen and oxygen atoms in total. The molecule has 11 aromatic rings. The maximum atomic E-state index is 6.38. The number of benzene rings is 11. The van der Waals surface area contributed by atoms with Gasteiger partial charge in [0, 0.05) is 28.0 Å². The van der Waals surface area contributed by atoms with Crippen LogP contribution in [-0.2, 0) is 0 Å². The first-order valence-electron chi connectivity index (χ1n) is 21.9. The Balaban J connectivity index is 0.967. The number of nitrogens with zero attached hydrogens (tertiary/aromatic N) is 1. The molecule has 0 aromatic heterocycles. The van der Waals surface area contributed by atoms with Crippen LogP contribution in [0.2, 0.25) is 0 Å². The zero-order valence-corrected chi connectivity index (χ0v) is 35.0. The summed E-state index contributed by atoms with van der Waals surface area (Å²) in [5.41, 5.74) is 17.4. The van der Waals surface area contributed by atoms with Crippen molar-refractivity contribution >= 4 is 38.6 Å². The van der Waals surface area contributed by atoms with Crippen LogP contribution in [0.3, 0.4) is 0 Å². The molecule has 2 heteroatoms. The highest BCUT2D eigenvalue weighted by atomic mass is 16.5. The molecule has 1 aliphatic heterocycles. The second-order valence-corrected chi connectivity index (χ2v) is 16.5. The van der Waals surface area contributed by atoms with Crippen LogP contribution in [0.25, 0.3) is 88.3 Å². The smallest absolute Gasteiger partial charge is 0.135 e. The Morgan fingerprint density at radius 2 is 0.781 bits per heavy atom. The molecule has 0 fully saturated rings. The fraction of sp³-hybridized carbons (Fsp3) is 0. The Kier molecular flexibility index (Phi) is 9.20. The summed E-state index contributed by atoms with van der Waals surface area (Å²) < 4.78 is 6.38. The third-order valence-electron chi connectivity index (χ3n) is 12.6. The van der Waals surface area contributed by atoms with Gasteiger partial charge in [-0.25, -0.2) is 0 Å². The Morgan fingerprint density at radius 1 is 0.250 bits per heavy atom. The summed E-state index contributed by atoms with van der Waals surface area (Å²) in [5, 5.41) is 4.80. The number of rotatable bonds is 8. The van der Waals surface area contributed by atoms with E-state index in [1.54, 1.807) is 0 Å². The topological polar surface area (TPSA) is 12.5 Å². The van der Waals surface area contributed by atoms with Gasteiger partial charge in [0.15, 0.2) is 0 Å². The standard InChI is InChI=1S/C62H41NO/c1-3-14-43(15-4-1)56-37-32-48(40-58(56)45-16-5-2-6-17-45)42-28-33-51(34-29-42)63(52-35-30-46(31-36-52)55-25-12-19-44-18-7-8-23-54(44)55)53-22-11-20-47(39-53)50-38-49-21-13-27-61-62(49)59(41-50)57-24-9-10-26-60(57)64-61/h1-41H. The molecule has 0 unspecified atom stereocenters. The molecule has 0 bridgehead atoms. The zero-order valence-electron chi connectivity index (χ0n) is 35.0. The molecule has 0 atom stereocenters. The summed E-state index contributed by atoms with van der Waals surface area (Å²) in [6.07, 6.45) is 0. The number of para-hydroxylation sites is 1. The van der Waals surface area contributed by atoms with Crippen LogP contribution in [0.15, 0.2) is 249 Å². The number of anilines is 3. The SMILES string of the molecule is c1ccc(-c2ccc(-c3ccc(N(c4ccc(-c5cccc6ccccc56)cc4)c4cccc(-c5cc6c7c(cccc7c5)Oc5ccccc5-6)c4)cc3)cc2-c2ccccc2)cc1. The van der Waals surface area contributed by atoms with E-state index in [0.29, 0.717) is 0 Å². The van der Waals surface area contributed by atoms with E-state index < -0.39 is 0 Å². The van der Waals surface area contributed by atoms with Crippen molar-refractivity contribution in [2.45, 2.75) is 0 Å². The van der Waals surface area contributed by atoms with Gasteiger partial charge in [0.25, 0.3) is 0 Å². The van der Waals surface area contributed by atoms with Crippen molar-refractivity contribution in [3.05, 3.63) is 249 Å². The molecule has 0 saturated heterocycles. The lowest BCUT2D eigenvalue weighted by molar-refractivity contribution is 0.487. The summed E-state index contributed by atoms with van der Waals surface area (Å²) in [5.74, 6) is 1.79. The van der Waals surface area contributed by atoms with Crippen molar-refractivity contribution in [2.24, 2.45) is 0 Å². The maximum absolute atomic E-state index is 6.38. The number of hydrogen-bond donors (Lipinski definition) is 0. The molecule has 0 N–H and O–H groups in total. The summed E-state index contributed by atoms with van der Waals surface area (Å²) in [4.78, 5) is 2.38. The molecule has 64 heavy (non-hydrogen) atoms. The van der Waals surface area contributed by atoms with E-state index in [-0.39, 0.29) is 0 Å². The van der Waals surface area contributed by atoms with Gasteiger partial charge in [-0.2, -0.15) is 0 Å². The first-order valence-corrected chi connectivity index (χ1v) is 21.9. The minimum Gasteiger partial charge on any atom is -0.456 e. The third-order valence-corrected chi connectivity index (χ3v) is 12.6. The molecule has 1 heterocycles. The first kappa shape index (κ1) is 37.3. The molecule has 1 aliphatic rings. The maximum Gasteiger partial charge on any atom is 0.135 e. The van der Waals surface area contributed by atoms with E-state index >= 15 is 0 Å². The number of ether oxygens (including phenoxy) is 1. The molecule has 0 radical (unpaired) electrons. The van der Waals surface area contributed by atoms with Crippen LogP contribution in [0, 0.1) is 0 Å². The lowest BCUT2D eigenvalue weighted by Gasteiger charge is -2.27. The van der Waals surface area contributed by atoms with E-state index in [4.69, 9.17) is 4.74 Å². The largest absolute Gasteiger partial charge is 0.456 e. The summed E-state index contributed by atoms with van der Waals surface area (Å²) in [6.45, 7) is 0.